The molecule has 1 aromatic rings. The molecule has 0 N–H and O–H groups in total. The van der Waals surface area contributed by atoms with Crippen molar-refractivity contribution in [2.75, 3.05) is 6.61 Å². The monoisotopic (exact) mass is 294 g/mol. The van der Waals surface area contributed by atoms with E-state index in [0.29, 0.717) is 11.8 Å². The molecule has 0 aliphatic carbocycles. The van der Waals surface area contributed by atoms with Crippen LogP contribution in [0.4, 0.5) is 0 Å². The Morgan fingerprint density at radius 1 is 1.29 bits per heavy atom. The van der Waals surface area contributed by atoms with Gasteiger partial charge < -0.3 is 9.53 Å². The van der Waals surface area contributed by atoms with E-state index in [1.54, 1.807) is 30.3 Å². The van der Waals surface area contributed by atoms with E-state index in [2.05, 4.69) is 0 Å². The summed E-state index contributed by atoms with van der Waals surface area (Å²) in [4.78, 5) is 22.5. The predicted molar refractivity (Wildman–Crippen MR) is 66.5 cm³/mol. The van der Waals surface area contributed by atoms with Crippen LogP contribution in [0.25, 0.3) is 0 Å². The van der Waals surface area contributed by atoms with E-state index < -0.39 is 22.3 Å². The molecule has 0 bridgehead atoms. The topological polar surface area (TPSA) is 43.4 Å². The second-order valence-corrected chi connectivity index (χ2v) is 5.76. The van der Waals surface area contributed by atoms with Crippen molar-refractivity contribution >= 4 is 47.1 Å². The normalized spacial score (nSPS) is 12.9. The Morgan fingerprint density at radius 3 is 2.35 bits per heavy atom. The summed E-state index contributed by atoms with van der Waals surface area (Å²) in [5.74, 6) is -1.74. The first-order valence-electron chi connectivity index (χ1n) is 4.67. The number of alkyl halides is 3. The third-order valence-corrected chi connectivity index (χ3v) is 2.25. The van der Waals surface area contributed by atoms with Gasteiger partial charge in [0.2, 0.25) is 3.79 Å². The molecule has 0 saturated carbocycles. The van der Waals surface area contributed by atoms with Crippen molar-refractivity contribution in [1.82, 2.24) is 0 Å². The van der Waals surface area contributed by atoms with Crippen LogP contribution in [-0.4, -0.2) is 22.7 Å². The number of carbonyl (C=O) groups is 2. The van der Waals surface area contributed by atoms with E-state index in [9.17, 15) is 9.59 Å². The molecule has 6 heteroatoms. The van der Waals surface area contributed by atoms with E-state index in [1.807, 2.05) is 0 Å². The third kappa shape index (κ3) is 4.94. The van der Waals surface area contributed by atoms with Gasteiger partial charge >= 0.3 is 5.97 Å². The van der Waals surface area contributed by atoms with Gasteiger partial charge in [-0.05, 0) is 5.56 Å². The highest BCUT2D eigenvalue weighted by Crippen LogP contribution is 2.27. The van der Waals surface area contributed by atoms with Crippen LogP contribution in [0.5, 0.6) is 0 Å². The van der Waals surface area contributed by atoms with Crippen molar-refractivity contribution in [1.29, 1.82) is 0 Å². The van der Waals surface area contributed by atoms with Gasteiger partial charge in [0.05, 0.1) is 0 Å². The van der Waals surface area contributed by atoms with Crippen LogP contribution in [0.15, 0.2) is 30.3 Å². The Balaban J connectivity index is 2.69. The minimum absolute atomic E-state index is 0.395. The van der Waals surface area contributed by atoms with E-state index >= 15 is 0 Å². The first-order valence-corrected chi connectivity index (χ1v) is 5.81. The van der Waals surface area contributed by atoms with Crippen molar-refractivity contribution in [3.05, 3.63) is 35.9 Å². The van der Waals surface area contributed by atoms with Crippen LogP contribution in [0.3, 0.4) is 0 Å². The van der Waals surface area contributed by atoms with Crippen LogP contribution in [0, 0.1) is 0 Å². The van der Waals surface area contributed by atoms with E-state index in [-0.39, 0.29) is 0 Å². The molecule has 1 unspecified atom stereocenters. The number of hydrogen-bond donors (Lipinski definition) is 0. The number of halogens is 3. The van der Waals surface area contributed by atoms with Crippen molar-refractivity contribution in [3.8, 4) is 0 Å². The van der Waals surface area contributed by atoms with Gasteiger partial charge in [-0.3, -0.25) is 4.79 Å². The van der Waals surface area contributed by atoms with E-state index in [4.69, 9.17) is 39.5 Å². The lowest BCUT2D eigenvalue weighted by atomic mass is 10.0. The maximum absolute atomic E-state index is 11.6. The summed E-state index contributed by atoms with van der Waals surface area (Å²) in [5.41, 5.74) is 0.539. The smallest absolute Gasteiger partial charge is 0.320 e. The summed E-state index contributed by atoms with van der Waals surface area (Å²) < 4.78 is 3.07. The molecule has 0 aliphatic heterocycles. The summed E-state index contributed by atoms with van der Waals surface area (Å²) in [6.07, 6.45) is 0.496. The average Bonchev–Trinajstić information content (AvgIpc) is 2.28. The van der Waals surface area contributed by atoms with Crippen molar-refractivity contribution in [2.24, 2.45) is 0 Å². The fourth-order valence-corrected chi connectivity index (χ4v) is 1.34. The molecule has 1 rings (SSSR count). The van der Waals surface area contributed by atoms with Crippen molar-refractivity contribution in [2.45, 2.75) is 9.71 Å². The molecule has 0 heterocycles. The fraction of sp³-hybridized carbons (Fsp3) is 0.273. The highest BCUT2D eigenvalue weighted by molar-refractivity contribution is 6.67. The lowest BCUT2D eigenvalue weighted by molar-refractivity contribution is -0.146. The van der Waals surface area contributed by atoms with Gasteiger partial charge in [0, 0.05) is 0 Å². The Bertz CT molecular complexity index is 387. The largest absolute Gasteiger partial charge is 0.460 e. The van der Waals surface area contributed by atoms with Crippen LogP contribution in [-0.2, 0) is 14.3 Å². The lowest BCUT2D eigenvalue weighted by Gasteiger charge is -2.14. The molecule has 92 valence electrons. The molecular formula is C11H9Cl3O3. The Kier molecular flexibility index (Phi) is 5.25. The Labute approximate surface area is 114 Å². The minimum Gasteiger partial charge on any atom is -0.460 e. The molecule has 0 fully saturated rings. The summed E-state index contributed by atoms with van der Waals surface area (Å²) >= 11 is 16.3. The quantitative estimate of drug-likeness (QED) is 0.371. The van der Waals surface area contributed by atoms with E-state index in [1.165, 1.54) is 0 Å². The molecule has 0 radical (unpaired) electrons. The second-order valence-electron chi connectivity index (χ2n) is 3.25. The first kappa shape index (κ1) is 14.3. The van der Waals surface area contributed by atoms with Gasteiger partial charge in [0.1, 0.15) is 18.8 Å². The highest BCUT2D eigenvalue weighted by Gasteiger charge is 2.26. The molecule has 3 nitrogen and oxygen atoms in total. The molecule has 1 atom stereocenters. The third-order valence-electron chi connectivity index (χ3n) is 1.93. The van der Waals surface area contributed by atoms with Gasteiger partial charge in [0.15, 0.2) is 0 Å². The number of ether oxygens (including phenoxy) is 1. The van der Waals surface area contributed by atoms with Gasteiger partial charge in [-0.2, -0.15) is 0 Å². The molecule has 0 spiro atoms. The molecule has 1 aromatic carbocycles. The van der Waals surface area contributed by atoms with Gasteiger partial charge in [0.25, 0.3) is 0 Å². The fourth-order valence-electron chi connectivity index (χ4n) is 1.17. The highest BCUT2D eigenvalue weighted by atomic mass is 35.6. The standard InChI is InChI=1S/C11H9Cl3O3/c12-11(13,14)7-17-10(16)9(6-15)8-4-2-1-3-5-8/h1-6,9H,7H2. The van der Waals surface area contributed by atoms with Crippen molar-refractivity contribution < 1.29 is 14.3 Å². The zero-order valence-corrected chi connectivity index (χ0v) is 10.9. The Hall–Kier alpha value is -0.770. The number of carbonyl (C=O) groups excluding carboxylic acids is 2. The molecule has 0 aliphatic rings. The number of aldehydes is 1. The molecule has 0 aromatic heterocycles. The number of benzene rings is 1. The number of rotatable bonds is 4. The summed E-state index contributed by atoms with van der Waals surface area (Å²) in [6, 6.07) is 8.51. The lowest BCUT2D eigenvalue weighted by Crippen LogP contribution is -2.22. The average molecular weight is 296 g/mol. The Morgan fingerprint density at radius 2 is 1.88 bits per heavy atom. The molecule has 17 heavy (non-hydrogen) atoms. The van der Waals surface area contributed by atoms with Gasteiger partial charge in [-0.1, -0.05) is 65.1 Å². The summed E-state index contributed by atoms with van der Waals surface area (Å²) in [5, 5.41) is 0. The summed E-state index contributed by atoms with van der Waals surface area (Å²) in [6.45, 7) is -0.395. The predicted octanol–water partition coefficient (Wildman–Crippen LogP) is 2.88. The SMILES string of the molecule is O=CC(C(=O)OCC(Cl)(Cl)Cl)c1ccccc1. The maximum Gasteiger partial charge on any atom is 0.320 e. The number of esters is 1. The molecular weight excluding hydrogens is 286 g/mol. The van der Waals surface area contributed by atoms with Gasteiger partial charge in [-0.15, -0.1) is 0 Å². The van der Waals surface area contributed by atoms with Crippen LogP contribution >= 0.6 is 34.8 Å². The second kappa shape index (κ2) is 6.24. The molecule has 0 saturated heterocycles. The molecule has 0 amide bonds. The van der Waals surface area contributed by atoms with E-state index in [0.717, 1.165) is 0 Å². The minimum atomic E-state index is -1.68. The van der Waals surface area contributed by atoms with Crippen LogP contribution < -0.4 is 0 Å². The maximum atomic E-state index is 11.6. The summed E-state index contributed by atoms with van der Waals surface area (Å²) in [7, 11) is 0. The number of hydrogen-bond acceptors (Lipinski definition) is 3. The van der Waals surface area contributed by atoms with Gasteiger partial charge in [-0.25, -0.2) is 0 Å². The first-order chi connectivity index (χ1) is 7.94. The van der Waals surface area contributed by atoms with Crippen LogP contribution in [0.1, 0.15) is 11.5 Å². The van der Waals surface area contributed by atoms with Crippen molar-refractivity contribution in [3.63, 3.8) is 0 Å². The van der Waals surface area contributed by atoms with Crippen LogP contribution in [0.2, 0.25) is 0 Å². The zero-order chi connectivity index (χ0) is 12.9. The zero-order valence-electron chi connectivity index (χ0n) is 8.61.